The lowest BCUT2D eigenvalue weighted by Crippen LogP contribution is -2.09. The van der Waals surface area contributed by atoms with Gasteiger partial charge in [0.25, 0.3) is 0 Å². The van der Waals surface area contributed by atoms with Crippen molar-refractivity contribution in [3.05, 3.63) is 40.8 Å². The smallest absolute Gasteiger partial charge is 0.204 e. The van der Waals surface area contributed by atoms with Crippen molar-refractivity contribution >= 4 is 11.0 Å². The van der Waals surface area contributed by atoms with E-state index in [1.54, 1.807) is 24.3 Å². The number of benzene rings is 2. The minimum absolute atomic E-state index is 0.0120. The molecule has 0 spiro atoms. The highest BCUT2D eigenvalue weighted by molar-refractivity contribution is 5.89. The molecule has 0 saturated carbocycles. The lowest BCUT2D eigenvalue weighted by molar-refractivity contribution is 0.0513. The first-order valence-electron chi connectivity index (χ1n) is 8.63. The SMILES string of the molecule is COCOc1cc(OC)c(OC)cc1-c1coc2cc(OC)cc(OC)c2c1=O. The summed E-state index contributed by atoms with van der Waals surface area (Å²) in [5.41, 5.74) is 0.788. The van der Waals surface area contributed by atoms with E-state index in [4.69, 9.17) is 32.8 Å². The molecule has 3 aromatic rings. The molecule has 8 nitrogen and oxygen atoms in total. The Labute approximate surface area is 167 Å². The fourth-order valence-electron chi connectivity index (χ4n) is 2.97. The highest BCUT2D eigenvalue weighted by Crippen LogP contribution is 2.40. The molecule has 29 heavy (non-hydrogen) atoms. The summed E-state index contributed by atoms with van der Waals surface area (Å²) in [6, 6.07) is 6.53. The largest absolute Gasteiger partial charge is 0.496 e. The summed E-state index contributed by atoms with van der Waals surface area (Å²) in [7, 11) is 7.53. The number of fused-ring (bicyclic) bond motifs is 1. The second-order valence-electron chi connectivity index (χ2n) is 5.94. The van der Waals surface area contributed by atoms with Gasteiger partial charge in [0, 0.05) is 30.9 Å². The molecule has 3 rings (SSSR count). The van der Waals surface area contributed by atoms with Gasteiger partial charge >= 0.3 is 0 Å². The molecule has 8 heteroatoms. The van der Waals surface area contributed by atoms with Crippen molar-refractivity contribution in [1.29, 1.82) is 0 Å². The molecule has 0 atom stereocenters. The van der Waals surface area contributed by atoms with Crippen LogP contribution in [0.3, 0.4) is 0 Å². The van der Waals surface area contributed by atoms with Gasteiger partial charge in [-0.15, -0.1) is 0 Å². The van der Waals surface area contributed by atoms with E-state index in [1.807, 2.05) is 0 Å². The minimum atomic E-state index is -0.291. The molecule has 1 aromatic heterocycles. The predicted molar refractivity (Wildman–Crippen MR) is 107 cm³/mol. The van der Waals surface area contributed by atoms with Gasteiger partial charge in [0.15, 0.2) is 18.3 Å². The molecule has 0 radical (unpaired) electrons. The standard InChI is InChI=1S/C21H22O8/c1-23-11-29-15-9-17(26-4)16(25-3)8-13(15)14-10-28-19-7-12(24-2)6-18(27-5)20(19)21(14)22/h6-10H,11H2,1-5H3. The van der Waals surface area contributed by atoms with Crippen molar-refractivity contribution in [3.8, 4) is 39.9 Å². The summed E-state index contributed by atoms with van der Waals surface area (Å²) in [4.78, 5) is 13.3. The van der Waals surface area contributed by atoms with Crippen LogP contribution >= 0.6 is 0 Å². The molecule has 0 N–H and O–H groups in total. The summed E-state index contributed by atoms with van der Waals surface area (Å²) < 4.78 is 37.7. The molecule has 0 bridgehead atoms. The molecule has 0 unspecified atom stereocenters. The highest BCUT2D eigenvalue weighted by Gasteiger charge is 2.20. The summed E-state index contributed by atoms with van der Waals surface area (Å²) >= 11 is 0. The van der Waals surface area contributed by atoms with E-state index in [2.05, 4.69) is 0 Å². The molecule has 2 aromatic carbocycles. The van der Waals surface area contributed by atoms with Crippen molar-refractivity contribution in [2.75, 3.05) is 42.3 Å². The quantitative estimate of drug-likeness (QED) is 0.530. The number of hydrogen-bond donors (Lipinski definition) is 0. The van der Waals surface area contributed by atoms with E-state index in [0.29, 0.717) is 45.3 Å². The number of hydrogen-bond acceptors (Lipinski definition) is 8. The minimum Gasteiger partial charge on any atom is -0.496 e. The van der Waals surface area contributed by atoms with E-state index in [0.717, 1.165) is 0 Å². The van der Waals surface area contributed by atoms with Crippen molar-refractivity contribution in [2.24, 2.45) is 0 Å². The average Bonchev–Trinajstić information content (AvgIpc) is 2.76. The number of ether oxygens (including phenoxy) is 6. The van der Waals surface area contributed by atoms with Crippen LogP contribution in [0.5, 0.6) is 28.7 Å². The molecule has 1 heterocycles. The Kier molecular flexibility index (Phi) is 6.13. The van der Waals surface area contributed by atoms with Gasteiger partial charge in [0.2, 0.25) is 5.43 Å². The summed E-state index contributed by atoms with van der Waals surface area (Å²) in [5.74, 6) is 2.13. The van der Waals surface area contributed by atoms with E-state index in [9.17, 15) is 4.79 Å². The molecule has 0 amide bonds. The molecular formula is C21H22O8. The van der Waals surface area contributed by atoms with E-state index in [-0.39, 0.29) is 17.8 Å². The summed E-state index contributed by atoms with van der Waals surface area (Å²) in [6.45, 7) is -0.0120. The van der Waals surface area contributed by atoms with Crippen LogP contribution in [0, 0.1) is 0 Å². The Balaban J connectivity index is 2.29. The van der Waals surface area contributed by atoms with Gasteiger partial charge in [-0.3, -0.25) is 4.79 Å². The maximum Gasteiger partial charge on any atom is 0.204 e. The van der Waals surface area contributed by atoms with Gasteiger partial charge in [-0.2, -0.15) is 0 Å². The first-order valence-corrected chi connectivity index (χ1v) is 8.63. The molecule has 0 aliphatic carbocycles. The predicted octanol–water partition coefficient (Wildman–Crippen LogP) is 3.48. The maximum atomic E-state index is 13.3. The van der Waals surface area contributed by atoms with Crippen molar-refractivity contribution < 1.29 is 32.8 Å². The third kappa shape index (κ3) is 3.79. The molecule has 154 valence electrons. The lowest BCUT2D eigenvalue weighted by atomic mass is 10.0. The summed E-state index contributed by atoms with van der Waals surface area (Å²) in [5, 5.41) is 0.290. The van der Waals surface area contributed by atoms with Crippen molar-refractivity contribution in [2.45, 2.75) is 0 Å². The molecule has 0 aliphatic rings. The second kappa shape index (κ2) is 8.74. The third-order valence-corrected chi connectivity index (χ3v) is 4.38. The maximum absolute atomic E-state index is 13.3. The average molecular weight is 402 g/mol. The van der Waals surface area contributed by atoms with Gasteiger partial charge < -0.3 is 32.8 Å². The zero-order valence-corrected chi connectivity index (χ0v) is 16.9. The van der Waals surface area contributed by atoms with E-state index in [1.165, 1.54) is 41.8 Å². The second-order valence-corrected chi connectivity index (χ2v) is 5.94. The number of rotatable bonds is 8. The first kappa shape index (κ1) is 20.3. The zero-order valence-electron chi connectivity index (χ0n) is 16.9. The third-order valence-electron chi connectivity index (χ3n) is 4.38. The van der Waals surface area contributed by atoms with Crippen LogP contribution in [-0.2, 0) is 4.74 Å². The molecule has 0 aliphatic heterocycles. The van der Waals surface area contributed by atoms with Crippen LogP contribution in [0.4, 0.5) is 0 Å². The summed E-state index contributed by atoms with van der Waals surface area (Å²) in [6.07, 6.45) is 1.37. The molecular weight excluding hydrogens is 380 g/mol. The van der Waals surface area contributed by atoms with Gasteiger partial charge in [0.05, 0.1) is 34.0 Å². The van der Waals surface area contributed by atoms with Gasteiger partial charge in [-0.05, 0) is 6.07 Å². The van der Waals surface area contributed by atoms with Gasteiger partial charge in [-0.1, -0.05) is 0 Å². The Morgan fingerprint density at radius 2 is 1.45 bits per heavy atom. The van der Waals surface area contributed by atoms with Crippen LogP contribution in [0.1, 0.15) is 0 Å². The van der Waals surface area contributed by atoms with Crippen LogP contribution < -0.4 is 29.1 Å². The first-order chi connectivity index (χ1) is 14.1. The van der Waals surface area contributed by atoms with Gasteiger partial charge in [0.1, 0.15) is 34.5 Å². The van der Waals surface area contributed by atoms with Crippen LogP contribution in [0.25, 0.3) is 22.1 Å². The van der Waals surface area contributed by atoms with Crippen LogP contribution in [0.2, 0.25) is 0 Å². The zero-order chi connectivity index (χ0) is 21.0. The normalized spacial score (nSPS) is 10.7. The Morgan fingerprint density at radius 3 is 2.07 bits per heavy atom. The van der Waals surface area contributed by atoms with Crippen molar-refractivity contribution in [3.63, 3.8) is 0 Å². The monoisotopic (exact) mass is 402 g/mol. The Morgan fingerprint density at radius 1 is 0.759 bits per heavy atom. The fraction of sp³-hybridized carbons (Fsp3) is 0.286. The fourth-order valence-corrected chi connectivity index (χ4v) is 2.97. The Hall–Kier alpha value is -3.39. The van der Waals surface area contributed by atoms with E-state index >= 15 is 0 Å². The highest BCUT2D eigenvalue weighted by atomic mass is 16.7. The van der Waals surface area contributed by atoms with Crippen molar-refractivity contribution in [1.82, 2.24) is 0 Å². The topological polar surface area (TPSA) is 85.6 Å². The van der Waals surface area contributed by atoms with Crippen LogP contribution in [-0.4, -0.2) is 42.3 Å². The molecule has 0 saturated heterocycles. The van der Waals surface area contributed by atoms with E-state index < -0.39 is 0 Å². The Bertz CT molecular complexity index is 1070. The van der Waals surface area contributed by atoms with Gasteiger partial charge in [-0.25, -0.2) is 0 Å². The molecule has 0 fully saturated rings. The number of methoxy groups -OCH3 is 5. The van der Waals surface area contributed by atoms with Crippen LogP contribution in [0.15, 0.2) is 39.7 Å². The lowest BCUT2D eigenvalue weighted by Gasteiger charge is -2.15.